The number of nitrogens with two attached hydrogens (primary N) is 1. The van der Waals surface area contributed by atoms with Crippen LogP contribution >= 0.6 is 0 Å². The van der Waals surface area contributed by atoms with Crippen LogP contribution in [0.1, 0.15) is 25.3 Å². The Bertz CT molecular complexity index is 441. The van der Waals surface area contributed by atoms with Crippen molar-refractivity contribution in [3.63, 3.8) is 0 Å². The molecule has 86 valence electrons. The predicted octanol–water partition coefficient (Wildman–Crippen LogP) is 1.93. The molecular weight excluding hydrogens is 209 g/mol. The van der Waals surface area contributed by atoms with Crippen molar-refractivity contribution >= 4 is 0 Å². The Balaban J connectivity index is 2.07. The van der Waals surface area contributed by atoms with E-state index >= 15 is 0 Å². The number of benzene rings is 1. The number of fused-ring (bicyclic) bond motifs is 1. The van der Waals surface area contributed by atoms with E-state index in [1.165, 1.54) is 6.07 Å². The summed E-state index contributed by atoms with van der Waals surface area (Å²) in [4.78, 5) is 0. The first-order valence-electron chi connectivity index (χ1n) is 5.49. The van der Waals surface area contributed by atoms with Gasteiger partial charge in [-0.25, -0.2) is 4.39 Å². The van der Waals surface area contributed by atoms with Crippen LogP contribution in [0.3, 0.4) is 0 Å². The summed E-state index contributed by atoms with van der Waals surface area (Å²) in [7, 11) is 0. The highest BCUT2D eigenvalue weighted by molar-refractivity contribution is 5.49. The van der Waals surface area contributed by atoms with Crippen LogP contribution in [0.25, 0.3) is 0 Å². The van der Waals surface area contributed by atoms with Gasteiger partial charge in [-0.1, -0.05) is 0 Å². The zero-order valence-corrected chi connectivity index (χ0v) is 9.13. The molecule has 0 bridgehead atoms. The smallest absolute Gasteiger partial charge is 0.231 e. The number of hydrogen-bond acceptors (Lipinski definition) is 3. The molecule has 16 heavy (non-hydrogen) atoms. The van der Waals surface area contributed by atoms with Gasteiger partial charge in [0.05, 0.1) is 0 Å². The van der Waals surface area contributed by atoms with Crippen molar-refractivity contribution in [3.8, 4) is 11.5 Å². The van der Waals surface area contributed by atoms with Gasteiger partial charge in [-0.05, 0) is 37.5 Å². The standard InChI is InChI=1S/C12H14FNO2/c1-7(14)12(2-3-12)8-4-9(13)11-10(5-8)15-6-16-11/h4-5,7H,2-3,6,14H2,1H3. The van der Waals surface area contributed by atoms with E-state index in [0.717, 1.165) is 18.4 Å². The largest absolute Gasteiger partial charge is 0.453 e. The molecule has 1 atom stereocenters. The minimum atomic E-state index is -0.350. The van der Waals surface area contributed by atoms with Gasteiger partial charge in [0.15, 0.2) is 11.6 Å². The lowest BCUT2D eigenvalue weighted by Crippen LogP contribution is -2.31. The molecule has 0 aromatic heterocycles. The summed E-state index contributed by atoms with van der Waals surface area (Å²) in [6.45, 7) is 2.07. The van der Waals surface area contributed by atoms with Gasteiger partial charge in [0.2, 0.25) is 12.5 Å². The molecule has 1 fully saturated rings. The monoisotopic (exact) mass is 223 g/mol. The molecule has 1 unspecified atom stereocenters. The van der Waals surface area contributed by atoms with Crippen molar-refractivity contribution in [1.29, 1.82) is 0 Å². The Morgan fingerprint density at radius 1 is 1.38 bits per heavy atom. The zero-order valence-electron chi connectivity index (χ0n) is 9.13. The lowest BCUT2D eigenvalue weighted by Gasteiger charge is -2.20. The van der Waals surface area contributed by atoms with Crippen molar-refractivity contribution in [1.82, 2.24) is 0 Å². The van der Waals surface area contributed by atoms with Crippen LogP contribution < -0.4 is 15.2 Å². The molecule has 0 radical (unpaired) electrons. The molecule has 1 aliphatic carbocycles. The minimum absolute atomic E-state index is 0.0345. The molecule has 0 saturated heterocycles. The second kappa shape index (κ2) is 3.10. The maximum Gasteiger partial charge on any atom is 0.231 e. The van der Waals surface area contributed by atoms with Crippen molar-refractivity contribution < 1.29 is 13.9 Å². The van der Waals surface area contributed by atoms with Gasteiger partial charge in [0.1, 0.15) is 0 Å². The normalized spacial score (nSPS) is 21.9. The predicted molar refractivity (Wildman–Crippen MR) is 57.1 cm³/mol. The molecule has 1 aromatic carbocycles. The zero-order chi connectivity index (χ0) is 11.3. The first kappa shape index (κ1) is 9.90. The van der Waals surface area contributed by atoms with E-state index in [9.17, 15) is 4.39 Å². The SMILES string of the molecule is CC(N)C1(c2cc(F)c3c(c2)OCO3)CC1. The third-order valence-corrected chi connectivity index (χ3v) is 3.66. The summed E-state index contributed by atoms with van der Waals surface area (Å²) < 4.78 is 24.0. The van der Waals surface area contributed by atoms with Gasteiger partial charge < -0.3 is 15.2 Å². The van der Waals surface area contributed by atoms with Crippen molar-refractivity contribution in [2.45, 2.75) is 31.2 Å². The van der Waals surface area contributed by atoms with Crippen molar-refractivity contribution in [2.24, 2.45) is 5.73 Å². The van der Waals surface area contributed by atoms with Gasteiger partial charge in [0.25, 0.3) is 0 Å². The molecule has 4 heteroatoms. The van der Waals surface area contributed by atoms with E-state index in [1.807, 2.05) is 13.0 Å². The third-order valence-electron chi connectivity index (χ3n) is 3.66. The highest BCUT2D eigenvalue weighted by Gasteiger charge is 2.48. The molecule has 1 aliphatic heterocycles. The first-order valence-corrected chi connectivity index (χ1v) is 5.49. The Labute approximate surface area is 93.3 Å². The lowest BCUT2D eigenvalue weighted by atomic mass is 9.89. The third kappa shape index (κ3) is 1.23. The Morgan fingerprint density at radius 3 is 2.75 bits per heavy atom. The van der Waals surface area contributed by atoms with E-state index < -0.39 is 0 Å². The molecule has 2 aliphatic rings. The molecule has 3 rings (SSSR count). The maximum absolute atomic E-state index is 13.7. The second-order valence-corrected chi connectivity index (χ2v) is 4.64. The Kier molecular flexibility index (Phi) is 1.92. The van der Waals surface area contributed by atoms with Gasteiger partial charge in [-0.3, -0.25) is 0 Å². The summed E-state index contributed by atoms with van der Waals surface area (Å²) in [6.07, 6.45) is 2.04. The van der Waals surface area contributed by atoms with Gasteiger partial charge in [-0.15, -0.1) is 0 Å². The average Bonchev–Trinajstić information content (AvgIpc) is 2.92. The van der Waals surface area contributed by atoms with Crippen LogP contribution in [0.2, 0.25) is 0 Å². The second-order valence-electron chi connectivity index (χ2n) is 4.64. The minimum Gasteiger partial charge on any atom is -0.453 e. The summed E-state index contributed by atoms with van der Waals surface area (Å²) in [6, 6.07) is 3.43. The molecule has 0 amide bonds. The summed E-state index contributed by atoms with van der Waals surface area (Å²) >= 11 is 0. The van der Waals surface area contributed by atoms with Crippen LogP contribution in [0.4, 0.5) is 4.39 Å². The van der Waals surface area contributed by atoms with Crippen molar-refractivity contribution in [3.05, 3.63) is 23.5 Å². The Morgan fingerprint density at radius 2 is 2.12 bits per heavy atom. The molecular formula is C12H14FNO2. The fourth-order valence-electron chi connectivity index (χ4n) is 2.40. The van der Waals surface area contributed by atoms with E-state index in [2.05, 4.69) is 0 Å². The fraction of sp³-hybridized carbons (Fsp3) is 0.500. The summed E-state index contributed by atoms with van der Waals surface area (Å²) in [5, 5.41) is 0. The Hall–Kier alpha value is -1.29. The molecule has 1 aromatic rings. The average molecular weight is 223 g/mol. The van der Waals surface area contributed by atoms with Crippen LogP contribution in [0.15, 0.2) is 12.1 Å². The summed E-state index contributed by atoms with van der Waals surface area (Å²) in [5.41, 5.74) is 6.85. The molecule has 3 nitrogen and oxygen atoms in total. The summed E-state index contributed by atoms with van der Waals surface area (Å²) in [5.74, 6) is 0.378. The highest BCUT2D eigenvalue weighted by Crippen LogP contribution is 2.52. The molecule has 1 saturated carbocycles. The van der Waals surface area contributed by atoms with Gasteiger partial charge in [0, 0.05) is 11.5 Å². The first-order chi connectivity index (χ1) is 7.63. The molecule has 1 heterocycles. The molecule has 0 spiro atoms. The fourth-order valence-corrected chi connectivity index (χ4v) is 2.40. The van der Waals surface area contributed by atoms with Crippen LogP contribution in [-0.4, -0.2) is 12.8 Å². The van der Waals surface area contributed by atoms with Gasteiger partial charge >= 0.3 is 0 Å². The van der Waals surface area contributed by atoms with Gasteiger partial charge in [-0.2, -0.15) is 0 Å². The van der Waals surface area contributed by atoms with Crippen LogP contribution in [-0.2, 0) is 5.41 Å². The lowest BCUT2D eigenvalue weighted by molar-refractivity contribution is 0.171. The van der Waals surface area contributed by atoms with Crippen LogP contribution in [0, 0.1) is 5.82 Å². The molecule has 2 N–H and O–H groups in total. The van der Waals surface area contributed by atoms with E-state index in [-0.39, 0.29) is 29.8 Å². The highest BCUT2D eigenvalue weighted by atomic mass is 19.1. The van der Waals surface area contributed by atoms with E-state index in [4.69, 9.17) is 15.2 Å². The number of hydrogen-bond donors (Lipinski definition) is 1. The van der Waals surface area contributed by atoms with E-state index in [1.54, 1.807) is 0 Å². The quantitative estimate of drug-likeness (QED) is 0.833. The maximum atomic E-state index is 13.7. The topological polar surface area (TPSA) is 44.5 Å². The van der Waals surface area contributed by atoms with Crippen molar-refractivity contribution in [2.75, 3.05) is 6.79 Å². The number of rotatable bonds is 2. The number of ether oxygens (including phenoxy) is 2. The number of halogens is 1. The van der Waals surface area contributed by atoms with Crippen LogP contribution in [0.5, 0.6) is 11.5 Å². The van der Waals surface area contributed by atoms with E-state index in [0.29, 0.717) is 5.75 Å².